The van der Waals surface area contributed by atoms with Crippen LogP contribution in [0.15, 0.2) is 17.7 Å². The first-order valence-corrected chi connectivity index (χ1v) is 5.94. The maximum atomic E-state index is 11.5. The van der Waals surface area contributed by atoms with Gasteiger partial charge in [0, 0.05) is 5.56 Å². The van der Waals surface area contributed by atoms with Gasteiger partial charge >= 0.3 is 5.97 Å². The van der Waals surface area contributed by atoms with Gasteiger partial charge in [0.25, 0.3) is 0 Å². The van der Waals surface area contributed by atoms with Gasteiger partial charge < -0.3 is 14.2 Å². The van der Waals surface area contributed by atoms with Crippen LogP contribution in [0.5, 0.6) is 11.5 Å². The zero-order valence-corrected chi connectivity index (χ0v) is 10.4. The number of carbonyl (C=O) groups excluding carboxylic acids is 1. The highest BCUT2D eigenvalue weighted by Crippen LogP contribution is 2.43. The Morgan fingerprint density at radius 2 is 2.11 bits per heavy atom. The van der Waals surface area contributed by atoms with Gasteiger partial charge in [0.2, 0.25) is 0 Å². The first-order valence-electron chi connectivity index (χ1n) is 5.94. The summed E-state index contributed by atoms with van der Waals surface area (Å²) in [5.74, 6) is 1.81. The van der Waals surface area contributed by atoms with Crippen LogP contribution >= 0.6 is 0 Å². The van der Waals surface area contributed by atoms with Crippen LogP contribution in [0.2, 0.25) is 0 Å². The van der Waals surface area contributed by atoms with Gasteiger partial charge in [-0.05, 0) is 37.5 Å². The zero-order valence-electron chi connectivity index (χ0n) is 10.4. The zero-order chi connectivity index (χ0) is 12.7. The van der Waals surface area contributed by atoms with E-state index in [-0.39, 0.29) is 12.6 Å². The molecule has 2 aliphatic rings. The fourth-order valence-corrected chi connectivity index (χ4v) is 2.47. The molecule has 94 valence electrons. The van der Waals surface area contributed by atoms with E-state index in [0.29, 0.717) is 11.5 Å². The normalized spacial score (nSPS) is 17.6. The molecule has 1 aliphatic heterocycles. The lowest BCUT2D eigenvalue weighted by Gasteiger charge is -2.22. The van der Waals surface area contributed by atoms with Crippen LogP contribution in [0, 0.1) is 0 Å². The maximum Gasteiger partial charge on any atom is 0.349 e. The van der Waals surface area contributed by atoms with E-state index in [1.807, 2.05) is 19.1 Å². The summed E-state index contributed by atoms with van der Waals surface area (Å²) in [4.78, 5) is 11.5. The van der Waals surface area contributed by atoms with Crippen molar-refractivity contribution in [3.05, 3.63) is 28.8 Å². The van der Waals surface area contributed by atoms with Gasteiger partial charge in [-0.25, -0.2) is 4.79 Å². The quantitative estimate of drug-likeness (QED) is 0.713. The monoisotopic (exact) mass is 246 g/mol. The number of allylic oxidation sites excluding steroid dienone is 1. The largest absolute Gasteiger partial charge is 0.496 e. The van der Waals surface area contributed by atoms with Crippen LogP contribution in [0.4, 0.5) is 0 Å². The molecule has 0 spiro atoms. The Hall–Kier alpha value is -1.97. The van der Waals surface area contributed by atoms with Crippen LogP contribution in [0.1, 0.15) is 24.5 Å². The smallest absolute Gasteiger partial charge is 0.349 e. The Bertz CT molecular complexity index is 557. The predicted molar refractivity (Wildman–Crippen MR) is 65.5 cm³/mol. The maximum absolute atomic E-state index is 11.5. The Kier molecular flexibility index (Phi) is 2.51. The molecule has 4 nitrogen and oxygen atoms in total. The van der Waals surface area contributed by atoms with E-state index in [4.69, 9.17) is 14.2 Å². The van der Waals surface area contributed by atoms with Crippen molar-refractivity contribution in [1.29, 1.82) is 0 Å². The number of methoxy groups -OCH3 is 1. The lowest BCUT2D eigenvalue weighted by atomic mass is 9.90. The van der Waals surface area contributed by atoms with Gasteiger partial charge in [0.05, 0.1) is 12.7 Å². The molecule has 3 rings (SSSR count). The first-order chi connectivity index (χ1) is 8.70. The van der Waals surface area contributed by atoms with Crippen molar-refractivity contribution < 1.29 is 19.0 Å². The van der Waals surface area contributed by atoms with Gasteiger partial charge in [0.1, 0.15) is 17.3 Å². The summed E-state index contributed by atoms with van der Waals surface area (Å²) in [6.07, 6.45) is 1.75. The van der Waals surface area contributed by atoms with Crippen LogP contribution in [-0.2, 0) is 16.0 Å². The van der Waals surface area contributed by atoms with Gasteiger partial charge in [-0.3, -0.25) is 0 Å². The van der Waals surface area contributed by atoms with Gasteiger partial charge in [0.15, 0.2) is 6.61 Å². The SMILES string of the molecule is COc1ccc2c3c1CCC(C)=C3OC(=O)CO2. The molecule has 1 aromatic rings. The van der Waals surface area contributed by atoms with E-state index in [1.54, 1.807) is 7.11 Å². The number of hydrogen-bond acceptors (Lipinski definition) is 4. The number of rotatable bonds is 1. The van der Waals surface area contributed by atoms with Crippen molar-refractivity contribution in [2.24, 2.45) is 0 Å². The third kappa shape index (κ3) is 1.56. The Morgan fingerprint density at radius 3 is 2.89 bits per heavy atom. The topological polar surface area (TPSA) is 44.8 Å². The van der Waals surface area contributed by atoms with E-state index in [9.17, 15) is 4.79 Å². The summed E-state index contributed by atoms with van der Waals surface area (Å²) in [6.45, 7) is 1.94. The standard InChI is InChI=1S/C14H14O4/c1-8-3-4-9-10(16-2)5-6-11-13(9)14(8)18-12(15)7-17-11/h5-6H,3-4,7H2,1-2H3. The lowest BCUT2D eigenvalue weighted by Crippen LogP contribution is -2.11. The molecule has 1 aromatic carbocycles. The molecular formula is C14H14O4. The molecule has 1 aliphatic carbocycles. The summed E-state index contributed by atoms with van der Waals surface area (Å²) in [6, 6.07) is 3.71. The molecule has 0 fully saturated rings. The third-order valence-corrected chi connectivity index (χ3v) is 3.38. The van der Waals surface area contributed by atoms with Crippen molar-refractivity contribution in [3.8, 4) is 11.5 Å². The van der Waals surface area contributed by atoms with E-state index >= 15 is 0 Å². The molecule has 0 bridgehead atoms. The van der Waals surface area contributed by atoms with Gasteiger partial charge in [-0.1, -0.05) is 0 Å². The fourth-order valence-electron chi connectivity index (χ4n) is 2.47. The molecule has 4 heteroatoms. The molecule has 0 N–H and O–H groups in total. The second kappa shape index (κ2) is 4.05. The van der Waals surface area contributed by atoms with Crippen molar-refractivity contribution in [1.82, 2.24) is 0 Å². The molecule has 0 unspecified atom stereocenters. The first kappa shape index (κ1) is 11.1. The van der Waals surface area contributed by atoms with E-state index < -0.39 is 0 Å². The van der Waals surface area contributed by atoms with Crippen molar-refractivity contribution in [2.45, 2.75) is 19.8 Å². The van der Waals surface area contributed by atoms with E-state index in [2.05, 4.69) is 0 Å². The molecule has 0 amide bonds. The molecule has 18 heavy (non-hydrogen) atoms. The highest BCUT2D eigenvalue weighted by atomic mass is 16.6. The predicted octanol–water partition coefficient (Wildman–Crippen LogP) is 2.31. The second-order valence-corrected chi connectivity index (χ2v) is 4.49. The highest BCUT2D eigenvalue weighted by Gasteiger charge is 2.29. The van der Waals surface area contributed by atoms with Crippen molar-refractivity contribution in [3.63, 3.8) is 0 Å². The number of esters is 1. The minimum absolute atomic E-state index is 0.0461. The van der Waals surface area contributed by atoms with Crippen LogP contribution in [-0.4, -0.2) is 19.7 Å². The lowest BCUT2D eigenvalue weighted by molar-refractivity contribution is -0.138. The molecule has 1 heterocycles. The van der Waals surface area contributed by atoms with Crippen molar-refractivity contribution in [2.75, 3.05) is 13.7 Å². The van der Waals surface area contributed by atoms with Crippen LogP contribution < -0.4 is 9.47 Å². The number of benzene rings is 1. The third-order valence-electron chi connectivity index (χ3n) is 3.38. The summed E-state index contributed by atoms with van der Waals surface area (Å²) in [7, 11) is 1.65. The summed E-state index contributed by atoms with van der Waals surface area (Å²) < 4.78 is 16.3. The minimum atomic E-state index is -0.354. The van der Waals surface area contributed by atoms with E-state index in [0.717, 1.165) is 35.3 Å². The molecule has 0 radical (unpaired) electrons. The van der Waals surface area contributed by atoms with Gasteiger partial charge in [-0.15, -0.1) is 0 Å². The number of carbonyl (C=O) groups is 1. The van der Waals surface area contributed by atoms with Crippen molar-refractivity contribution >= 4 is 11.7 Å². The molecule has 0 saturated carbocycles. The number of hydrogen-bond donors (Lipinski definition) is 0. The molecule has 0 saturated heterocycles. The Balaban J connectivity index is 2.26. The average molecular weight is 246 g/mol. The summed E-state index contributed by atoms with van der Waals surface area (Å²) in [5, 5.41) is 0. The highest BCUT2D eigenvalue weighted by molar-refractivity contribution is 5.86. The van der Waals surface area contributed by atoms with Crippen LogP contribution in [0.25, 0.3) is 5.76 Å². The Labute approximate surface area is 105 Å². The number of ether oxygens (including phenoxy) is 3. The molecule has 0 atom stereocenters. The Morgan fingerprint density at radius 1 is 1.28 bits per heavy atom. The van der Waals surface area contributed by atoms with E-state index in [1.165, 1.54) is 0 Å². The van der Waals surface area contributed by atoms with Gasteiger partial charge in [-0.2, -0.15) is 0 Å². The molecule has 0 aromatic heterocycles. The fraction of sp³-hybridized carbons (Fsp3) is 0.357. The van der Waals surface area contributed by atoms with Crippen LogP contribution in [0.3, 0.4) is 0 Å². The summed E-state index contributed by atoms with van der Waals surface area (Å²) >= 11 is 0. The minimum Gasteiger partial charge on any atom is -0.496 e. The molecular weight excluding hydrogens is 232 g/mol. The second-order valence-electron chi connectivity index (χ2n) is 4.49. The average Bonchev–Trinajstić information content (AvgIpc) is 2.55. The summed E-state index contributed by atoms with van der Waals surface area (Å²) in [5.41, 5.74) is 3.02.